The van der Waals surface area contributed by atoms with Crippen LogP contribution in [0.1, 0.15) is 18.4 Å². The maximum Gasteiger partial charge on any atom is 0.264 e. The fourth-order valence-electron chi connectivity index (χ4n) is 1.63. The molecule has 0 aliphatic rings. The lowest BCUT2D eigenvalue weighted by Crippen LogP contribution is -2.37. The van der Waals surface area contributed by atoms with Crippen molar-refractivity contribution in [3.8, 4) is 0 Å². The van der Waals surface area contributed by atoms with Gasteiger partial charge in [-0.2, -0.15) is 0 Å². The van der Waals surface area contributed by atoms with Crippen LogP contribution >= 0.6 is 0 Å². The quantitative estimate of drug-likeness (QED) is 0.600. The van der Waals surface area contributed by atoms with Crippen LogP contribution in [0.5, 0.6) is 0 Å². The molecule has 0 bridgehead atoms. The lowest BCUT2D eigenvalue weighted by molar-refractivity contribution is -0.767. The summed E-state index contributed by atoms with van der Waals surface area (Å²) < 4.78 is 6.33. The summed E-state index contributed by atoms with van der Waals surface area (Å²) >= 11 is 0. The Morgan fingerprint density at radius 2 is 2.00 bits per heavy atom. The molecule has 1 heterocycles. The number of aromatic nitrogens is 2. The van der Waals surface area contributed by atoms with Gasteiger partial charge in [0.2, 0.25) is 6.20 Å². The summed E-state index contributed by atoms with van der Waals surface area (Å²) in [7, 11) is 0. The molecular weight excluding hydrogens is 202 g/mol. The van der Waals surface area contributed by atoms with Gasteiger partial charge in [-0.15, -0.1) is 0 Å². The third-order valence-electron chi connectivity index (χ3n) is 2.46. The van der Waals surface area contributed by atoms with Crippen LogP contribution in [0.15, 0.2) is 41.1 Å². The standard InChI is InChI=1S/C12H15N3O/c13-12-10-15(14-16-12)9-5-4-8-11-6-2-1-3-7-11/h1-3,6-7,10,13H,4-5,8-9H2. The minimum absolute atomic E-state index is 0.114. The van der Waals surface area contributed by atoms with E-state index in [0.717, 1.165) is 25.8 Å². The van der Waals surface area contributed by atoms with Gasteiger partial charge >= 0.3 is 0 Å². The molecule has 1 aromatic carbocycles. The van der Waals surface area contributed by atoms with E-state index in [2.05, 4.69) is 34.1 Å². The van der Waals surface area contributed by atoms with Crippen LogP contribution in [0, 0.1) is 5.41 Å². The van der Waals surface area contributed by atoms with Crippen LogP contribution < -0.4 is 15.5 Å². The molecule has 0 saturated heterocycles. The van der Waals surface area contributed by atoms with Crippen molar-refractivity contribution in [3.63, 3.8) is 0 Å². The highest BCUT2D eigenvalue weighted by molar-refractivity contribution is 5.14. The second kappa shape index (κ2) is 5.30. The van der Waals surface area contributed by atoms with Crippen molar-refractivity contribution >= 4 is 0 Å². The molecule has 2 rings (SSSR count). The normalized spacial score (nSPS) is 10.5. The van der Waals surface area contributed by atoms with Gasteiger partial charge < -0.3 is 4.52 Å². The molecule has 0 aliphatic heterocycles. The van der Waals surface area contributed by atoms with Crippen LogP contribution in [-0.2, 0) is 13.0 Å². The molecule has 0 radical (unpaired) electrons. The van der Waals surface area contributed by atoms with Gasteiger partial charge in [0.15, 0.2) is 0 Å². The Morgan fingerprint density at radius 1 is 1.19 bits per heavy atom. The van der Waals surface area contributed by atoms with Crippen molar-refractivity contribution in [1.82, 2.24) is 5.27 Å². The van der Waals surface area contributed by atoms with E-state index in [9.17, 15) is 0 Å². The Morgan fingerprint density at radius 3 is 2.69 bits per heavy atom. The van der Waals surface area contributed by atoms with E-state index in [1.54, 1.807) is 10.9 Å². The maximum absolute atomic E-state index is 7.18. The summed E-state index contributed by atoms with van der Waals surface area (Å²) in [6.07, 6.45) is 4.86. The number of nitrogens with one attached hydrogen (secondary N) is 1. The number of aryl methyl sites for hydroxylation is 2. The Bertz CT molecular complexity index is 472. The number of hydrogen-bond acceptors (Lipinski definition) is 2. The molecule has 4 nitrogen and oxygen atoms in total. The Labute approximate surface area is 94.0 Å². The van der Waals surface area contributed by atoms with Gasteiger partial charge in [0.1, 0.15) is 6.54 Å². The molecule has 0 amide bonds. The van der Waals surface area contributed by atoms with Gasteiger partial charge in [0, 0.05) is 6.42 Å². The molecule has 4 heteroatoms. The molecule has 1 aromatic heterocycles. The van der Waals surface area contributed by atoms with Crippen LogP contribution in [0.2, 0.25) is 0 Å². The van der Waals surface area contributed by atoms with Crippen molar-refractivity contribution in [2.45, 2.75) is 25.8 Å². The monoisotopic (exact) mass is 217 g/mol. The van der Waals surface area contributed by atoms with E-state index in [4.69, 9.17) is 5.41 Å². The summed E-state index contributed by atoms with van der Waals surface area (Å²) in [6.45, 7) is 0.815. The fraction of sp³-hybridized carbons (Fsp3) is 0.333. The summed E-state index contributed by atoms with van der Waals surface area (Å²) in [4.78, 5) is 0. The minimum Gasteiger partial charge on any atom is -0.487 e. The van der Waals surface area contributed by atoms with Gasteiger partial charge in [-0.25, -0.2) is 4.68 Å². The van der Waals surface area contributed by atoms with Crippen molar-refractivity contribution in [1.29, 1.82) is 5.41 Å². The van der Waals surface area contributed by atoms with E-state index in [1.165, 1.54) is 5.56 Å². The highest BCUT2D eigenvalue weighted by Gasteiger charge is 1.97. The first-order valence-electron chi connectivity index (χ1n) is 5.46. The molecule has 16 heavy (non-hydrogen) atoms. The molecule has 0 fully saturated rings. The number of nitrogens with zero attached hydrogens (tertiary/aromatic N) is 2. The average Bonchev–Trinajstić information content (AvgIpc) is 2.72. The van der Waals surface area contributed by atoms with Gasteiger partial charge in [0.25, 0.3) is 5.55 Å². The first-order chi connectivity index (χ1) is 7.84. The number of unbranched alkanes of at least 4 members (excludes halogenated alkanes) is 1. The molecule has 0 unspecified atom stereocenters. The Hall–Kier alpha value is -1.84. The summed E-state index contributed by atoms with van der Waals surface area (Å²) in [5.74, 6) is 0. The molecule has 1 N–H and O–H groups in total. The van der Waals surface area contributed by atoms with Crippen LogP contribution in [0.3, 0.4) is 0 Å². The second-order valence-electron chi connectivity index (χ2n) is 3.77. The van der Waals surface area contributed by atoms with Gasteiger partial charge in [-0.3, -0.25) is 10.7 Å². The SMILES string of the molecule is N=c1c[n+](CCCCc2ccccc2)[n-]o1. The summed E-state index contributed by atoms with van der Waals surface area (Å²) in [6, 6.07) is 10.4. The topological polar surface area (TPSA) is 55.0 Å². The second-order valence-corrected chi connectivity index (χ2v) is 3.77. The zero-order valence-electron chi connectivity index (χ0n) is 9.10. The molecule has 84 valence electrons. The minimum atomic E-state index is 0.114. The molecule has 0 spiro atoms. The van der Waals surface area contributed by atoms with Crippen molar-refractivity contribution < 1.29 is 9.20 Å². The number of hydrogen-bond donors (Lipinski definition) is 1. The van der Waals surface area contributed by atoms with Crippen LogP contribution in [-0.4, -0.2) is 0 Å². The first-order valence-corrected chi connectivity index (χ1v) is 5.46. The van der Waals surface area contributed by atoms with Crippen molar-refractivity contribution in [2.24, 2.45) is 0 Å². The van der Waals surface area contributed by atoms with E-state index >= 15 is 0 Å². The zero-order valence-corrected chi connectivity index (χ0v) is 9.10. The first kappa shape index (κ1) is 10.7. The Balaban J connectivity index is 1.71. The van der Waals surface area contributed by atoms with Crippen molar-refractivity contribution in [3.05, 3.63) is 47.6 Å². The van der Waals surface area contributed by atoms with E-state index in [0.29, 0.717) is 0 Å². The van der Waals surface area contributed by atoms with E-state index in [-0.39, 0.29) is 5.55 Å². The van der Waals surface area contributed by atoms with E-state index < -0.39 is 0 Å². The zero-order chi connectivity index (χ0) is 11.2. The number of benzene rings is 1. The van der Waals surface area contributed by atoms with Crippen LogP contribution in [0.25, 0.3) is 0 Å². The fourth-order valence-corrected chi connectivity index (χ4v) is 1.63. The lowest BCUT2D eigenvalue weighted by Gasteiger charge is -2.00. The summed E-state index contributed by atoms with van der Waals surface area (Å²) in [5, 5.41) is 10.9. The largest absolute Gasteiger partial charge is 0.487 e. The van der Waals surface area contributed by atoms with Crippen molar-refractivity contribution in [2.75, 3.05) is 0 Å². The van der Waals surface area contributed by atoms with E-state index in [1.807, 2.05) is 6.07 Å². The molecular formula is C12H15N3O. The molecule has 0 aliphatic carbocycles. The van der Waals surface area contributed by atoms with Crippen LogP contribution in [0.4, 0.5) is 0 Å². The predicted molar refractivity (Wildman–Crippen MR) is 57.5 cm³/mol. The predicted octanol–water partition coefficient (Wildman–Crippen LogP) is 1.03. The average molecular weight is 217 g/mol. The number of rotatable bonds is 5. The van der Waals surface area contributed by atoms with Gasteiger partial charge in [-0.1, -0.05) is 30.3 Å². The molecule has 2 aromatic rings. The van der Waals surface area contributed by atoms with Gasteiger partial charge in [0.05, 0.1) is 0 Å². The highest BCUT2D eigenvalue weighted by atomic mass is 16.5. The lowest BCUT2D eigenvalue weighted by atomic mass is 10.1. The third kappa shape index (κ3) is 3.08. The molecule has 0 atom stereocenters. The molecule has 0 saturated carbocycles. The summed E-state index contributed by atoms with van der Waals surface area (Å²) in [5.41, 5.74) is 1.48. The Kier molecular flexibility index (Phi) is 3.53. The smallest absolute Gasteiger partial charge is 0.264 e. The maximum atomic E-state index is 7.18. The highest BCUT2D eigenvalue weighted by Crippen LogP contribution is 2.03. The third-order valence-corrected chi connectivity index (χ3v) is 2.46. The van der Waals surface area contributed by atoms with Gasteiger partial charge in [-0.05, 0) is 18.4 Å².